The number of rotatable bonds is 3. The van der Waals surface area contributed by atoms with E-state index in [0.29, 0.717) is 6.92 Å². The number of methoxy groups -OCH3 is 1. The van der Waals surface area contributed by atoms with Crippen molar-refractivity contribution in [2.24, 2.45) is 17.3 Å². The minimum absolute atomic E-state index is 0.0604. The van der Waals surface area contributed by atoms with Gasteiger partial charge in [-0.2, -0.15) is 39.5 Å². The molecule has 1 aliphatic carbocycles. The van der Waals surface area contributed by atoms with E-state index in [0.717, 1.165) is 7.11 Å². The van der Waals surface area contributed by atoms with Crippen molar-refractivity contribution in [1.29, 1.82) is 0 Å². The predicted molar refractivity (Wildman–Crippen MR) is 68.5 cm³/mol. The third kappa shape index (κ3) is 3.86. The van der Waals surface area contributed by atoms with Gasteiger partial charge >= 0.3 is 18.5 Å². The maximum Gasteiger partial charge on any atom is 0.417 e. The summed E-state index contributed by atoms with van der Waals surface area (Å²) in [5.41, 5.74) is -7.64. The maximum absolute atomic E-state index is 13.2. The monoisotopic (exact) mass is 390 g/mol. The molecule has 0 aromatic rings. The van der Waals surface area contributed by atoms with Gasteiger partial charge in [-0.25, -0.2) is 0 Å². The van der Waals surface area contributed by atoms with Crippen LogP contribution in [-0.4, -0.2) is 42.5 Å². The zero-order valence-corrected chi connectivity index (χ0v) is 13.6. The lowest BCUT2D eigenvalue weighted by atomic mass is 9.62. The minimum Gasteiger partial charge on any atom is -0.381 e. The number of alkyl halides is 9. The summed E-state index contributed by atoms with van der Waals surface area (Å²) < 4.78 is 123. The van der Waals surface area contributed by atoms with Gasteiger partial charge in [0.2, 0.25) is 0 Å². The molecular weight excluding hydrogens is 371 g/mol. The SMILES string of the molecule is COC1CC(C(C)(O)C(F)(F)F)CC(C(C)(C(F)(F)F)C(F)(F)F)C1. The number of hydrogen-bond donors (Lipinski definition) is 1. The smallest absolute Gasteiger partial charge is 0.381 e. The van der Waals surface area contributed by atoms with Crippen LogP contribution in [0.1, 0.15) is 33.1 Å². The number of hydrogen-bond acceptors (Lipinski definition) is 2. The number of halogens is 9. The van der Waals surface area contributed by atoms with Crippen LogP contribution in [0.15, 0.2) is 0 Å². The first kappa shape index (κ1) is 22.3. The quantitative estimate of drug-likeness (QED) is 0.698. The molecule has 0 bridgehead atoms. The second kappa shape index (κ2) is 6.47. The molecule has 0 heterocycles. The Balaban J connectivity index is 3.35. The molecule has 25 heavy (non-hydrogen) atoms. The fourth-order valence-corrected chi connectivity index (χ4v) is 3.24. The Bertz CT molecular complexity index is 450. The fraction of sp³-hybridized carbons (Fsp3) is 1.00. The van der Waals surface area contributed by atoms with E-state index in [-0.39, 0.29) is 6.92 Å². The lowest BCUT2D eigenvalue weighted by Gasteiger charge is -2.48. The van der Waals surface area contributed by atoms with Crippen molar-refractivity contribution in [1.82, 2.24) is 0 Å². The Labute approximate surface area is 138 Å². The Morgan fingerprint density at radius 2 is 1.12 bits per heavy atom. The second-order valence-corrected chi connectivity index (χ2v) is 6.80. The average molecular weight is 390 g/mol. The third-order valence-corrected chi connectivity index (χ3v) is 5.36. The highest BCUT2D eigenvalue weighted by Crippen LogP contribution is 2.60. The highest BCUT2D eigenvalue weighted by atomic mass is 19.4. The Kier molecular flexibility index (Phi) is 5.78. The Hall–Kier alpha value is -0.710. The van der Waals surface area contributed by atoms with Crippen molar-refractivity contribution in [3.8, 4) is 0 Å². The Morgan fingerprint density at radius 3 is 1.44 bits per heavy atom. The molecule has 0 spiro atoms. The van der Waals surface area contributed by atoms with E-state index in [9.17, 15) is 44.6 Å². The van der Waals surface area contributed by atoms with Gasteiger partial charge in [0.15, 0.2) is 11.0 Å². The summed E-state index contributed by atoms with van der Waals surface area (Å²) >= 11 is 0. The fourth-order valence-electron chi connectivity index (χ4n) is 3.24. The van der Waals surface area contributed by atoms with Gasteiger partial charge in [-0.3, -0.25) is 0 Å². The second-order valence-electron chi connectivity index (χ2n) is 6.80. The van der Waals surface area contributed by atoms with E-state index >= 15 is 0 Å². The van der Waals surface area contributed by atoms with Crippen LogP contribution in [0.25, 0.3) is 0 Å². The van der Waals surface area contributed by atoms with Crippen molar-refractivity contribution < 1.29 is 49.4 Å². The largest absolute Gasteiger partial charge is 0.417 e. The van der Waals surface area contributed by atoms with Gasteiger partial charge in [0, 0.05) is 7.11 Å². The van der Waals surface area contributed by atoms with Gasteiger partial charge in [-0.1, -0.05) is 0 Å². The summed E-state index contributed by atoms with van der Waals surface area (Å²) in [5, 5.41) is 9.74. The molecule has 1 fully saturated rings. The van der Waals surface area contributed by atoms with Crippen LogP contribution in [0.3, 0.4) is 0 Å². The summed E-state index contributed by atoms with van der Waals surface area (Å²) in [6, 6.07) is 0. The van der Waals surface area contributed by atoms with Crippen molar-refractivity contribution in [2.75, 3.05) is 7.11 Å². The summed E-state index contributed by atoms with van der Waals surface area (Å²) in [7, 11) is 0.991. The van der Waals surface area contributed by atoms with E-state index in [4.69, 9.17) is 4.74 Å². The molecular formula is C14H19F9O2. The molecule has 2 nitrogen and oxygen atoms in total. The molecule has 1 rings (SSSR count). The molecule has 0 amide bonds. The van der Waals surface area contributed by atoms with Crippen LogP contribution in [0, 0.1) is 17.3 Å². The van der Waals surface area contributed by atoms with E-state index < -0.39 is 66.7 Å². The van der Waals surface area contributed by atoms with Crippen LogP contribution in [-0.2, 0) is 4.74 Å². The molecule has 4 atom stereocenters. The van der Waals surface area contributed by atoms with Gasteiger partial charge in [0.25, 0.3) is 0 Å². The van der Waals surface area contributed by atoms with Crippen molar-refractivity contribution in [3.05, 3.63) is 0 Å². The summed E-state index contributed by atoms with van der Waals surface area (Å²) in [6.07, 6.45) is -20.2. The highest BCUT2D eigenvalue weighted by Gasteiger charge is 2.72. The molecule has 1 saturated carbocycles. The van der Waals surface area contributed by atoms with E-state index in [1.165, 1.54) is 0 Å². The van der Waals surface area contributed by atoms with Gasteiger partial charge in [0.05, 0.1) is 6.10 Å². The molecule has 1 aliphatic rings. The Morgan fingerprint density at radius 1 is 0.720 bits per heavy atom. The van der Waals surface area contributed by atoms with Crippen LogP contribution in [0.2, 0.25) is 0 Å². The molecule has 0 aliphatic heterocycles. The molecule has 0 aromatic carbocycles. The highest BCUT2D eigenvalue weighted by molar-refractivity contribution is 5.02. The number of aliphatic hydroxyl groups is 1. The minimum atomic E-state index is -5.72. The first-order chi connectivity index (χ1) is 10.9. The topological polar surface area (TPSA) is 29.5 Å². The summed E-state index contributed by atoms with van der Waals surface area (Å²) in [5.74, 6) is -4.08. The number of ether oxygens (including phenoxy) is 1. The molecule has 0 saturated heterocycles. The van der Waals surface area contributed by atoms with Crippen molar-refractivity contribution in [3.63, 3.8) is 0 Å². The van der Waals surface area contributed by atoms with Crippen molar-refractivity contribution >= 4 is 0 Å². The molecule has 11 heteroatoms. The lowest BCUT2D eigenvalue weighted by Crippen LogP contribution is -2.58. The van der Waals surface area contributed by atoms with Crippen LogP contribution < -0.4 is 0 Å². The first-order valence-electron chi connectivity index (χ1n) is 7.35. The molecule has 150 valence electrons. The average Bonchev–Trinajstić information content (AvgIpc) is 2.42. The summed E-state index contributed by atoms with van der Waals surface area (Å²) in [4.78, 5) is 0. The van der Waals surface area contributed by atoms with E-state index in [1.54, 1.807) is 0 Å². The van der Waals surface area contributed by atoms with Gasteiger partial charge in [-0.15, -0.1) is 0 Å². The lowest BCUT2D eigenvalue weighted by molar-refractivity contribution is -0.360. The molecule has 0 aromatic heterocycles. The van der Waals surface area contributed by atoms with Crippen LogP contribution in [0.4, 0.5) is 39.5 Å². The van der Waals surface area contributed by atoms with Gasteiger partial charge < -0.3 is 9.84 Å². The maximum atomic E-state index is 13.2. The van der Waals surface area contributed by atoms with E-state index in [2.05, 4.69) is 0 Å². The van der Waals surface area contributed by atoms with Crippen LogP contribution in [0.5, 0.6) is 0 Å². The molecule has 4 unspecified atom stereocenters. The molecule has 0 radical (unpaired) electrons. The predicted octanol–water partition coefficient (Wildman–Crippen LogP) is 4.86. The van der Waals surface area contributed by atoms with E-state index in [1.807, 2.05) is 0 Å². The van der Waals surface area contributed by atoms with Gasteiger partial charge in [-0.05, 0) is 44.9 Å². The van der Waals surface area contributed by atoms with Crippen LogP contribution >= 0.6 is 0 Å². The first-order valence-corrected chi connectivity index (χ1v) is 7.35. The zero-order chi connectivity index (χ0) is 20.1. The standard InChI is InChI=1S/C14H19F9O2/c1-10(12(15,16)17,13(18,19)20)7-4-8(6-9(5-7)25-3)11(2,24)14(21,22)23/h7-9,24H,4-6H2,1-3H3. The normalized spacial score (nSPS) is 29.4. The molecule has 1 N–H and O–H groups in total. The summed E-state index contributed by atoms with van der Waals surface area (Å²) in [6.45, 7) is 0.292. The van der Waals surface area contributed by atoms with Crippen molar-refractivity contribution in [2.45, 2.75) is 63.3 Å². The zero-order valence-electron chi connectivity index (χ0n) is 13.6. The van der Waals surface area contributed by atoms with Gasteiger partial charge in [0.1, 0.15) is 0 Å². The third-order valence-electron chi connectivity index (χ3n) is 5.36.